The summed E-state index contributed by atoms with van der Waals surface area (Å²) in [4.78, 5) is 37.0. The molecule has 1 aromatic rings. The molecule has 7 nitrogen and oxygen atoms in total. The van der Waals surface area contributed by atoms with Gasteiger partial charge in [0.15, 0.2) is 0 Å². The van der Waals surface area contributed by atoms with Crippen LogP contribution in [0.4, 0.5) is 5.69 Å². The molecule has 1 aliphatic rings. The maximum Gasteiger partial charge on any atom is 0.229 e. The van der Waals surface area contributed by atoms with Crippen LogP contribution in [0.15, 0.2) is 24.3 Å². The molecule has 0 aromatic heterocycles. The minimum absolute atomic E-state index is 0.0682. The van der Waals surface area contributed by atoms with Crippen molar-refractivity contribution in [2.75, 3.05) is 25.0 Å². The number of anilines is 1. The summed E-state index contributed by atoms with van der Waals surface area (Å²) in [6, 6.07) is 6.96. The predicted molar refractivity (Wildman–Crippen MR) is 98.6 cm³/mol. The molecule has 26 heavy (non-hydrogen) atoms. The van der Waals surface area contributed by atoms with Gasteiger partial charge < -0.3 is 20.7 Å². The van der Waals surface area contributed by atoms with Crippen LogP contribution in [0.25, 0.3) is 0 Å². The van der Waals surface area contributed by atoms with E-state index in [2.05, 4.69) is 5.32 Å². The third kappa shape index (κ3) is 6.06. The zero-order valence-electron chi connectivity index (χ0n) is 15.2. The Kier molecular flexibility index (Phi) is 7.44. The Labute approximate surface area is 153 Å². The number of rotatable bonds is 8. The summed E-state index contributed by atoms with van der Waals surface area (Å²) in [5.74, 6) is 0.0750. The van der Waals surface area contributed by atoms with E-state index >= 15 is 0 Å². The summed E-state index contributed by atoms with van der Waals surface area (Å²) in [7, 11) is 0. The van der Waals surface area contributed by atoms with Crippen molar-refractivity contribution < 1.29 is 19.1 Å². The molecule has 142 valence electrons. The van der Waals surface area contributed by atoms with Gasteiger partial charge in [-0.05, 0) is 43.5 Å². The van der Waals surface area contributed by atoms with Crippen molar-refractivity contribution >= 4 is 23.4 Å². The quantitative estimate of drug-likeness (QED) is 0.738. The van der Waals surface area contributed by atoms with Crippen LogP contribution in [-0.4, -0.2) is 42.3 Å². The van der Waals surface area contributed by atoms with E-state index in [-0.39, 0.29) is 30.8 Å². The molecule has 1 unspecified atom stereocenters. The van der Waals surface area contributed by atoms with E-state index in [4.69, 9.17) is 10.5 Å². The third-order valence-corrected chi connectivity index (χ3v) is 4.35. The first-order valence-corrected chi connectivity index (χ1v) is 9.09. The number of primary amides is 1. The molecule has 0 spiro atoms. The molecule has 3 N–H and O–H groups in total. The van der Waals surface area contributed by atoms with Gasteiger partial charge in [0, 0.05) is 25.2 Å². The number of carbonyl (C=O) groups is 3. The third-order valence-electron chi connectivity index (χ3n) is 4.35. The summed E-state index contributed by atoms with van der Waals surface area (Å²) >= 11 is 0. The van der Waals surface area contributed by atoms with E-state index in [1.807, 2.05) is 6.92 Å². The number of benzene rings is 1. The van der Waals surface area contributed by atoms with Crippen molar-refractivity contribution in [3.63, 3.8) is 0 Å². The number of likely N-dealkylation sites (tertiary alicyclic amines) is 1. The Bertz CT molecular complexity index is 630. The fraction of sp³-hybridized carbons (Fsp3) is 0.526. The van der Waals surface area contributed by atoms with Crippen LogP contribution < -0.4 is 15.8 Å². The first-order chi connectivity index (χ1) is 12.5. The summed E-state index contributed by atoms with van der Waals surface area (Å²) in [6.45, 7) is 3.43. The molecule has 0 bridgehead atoms. The van der Waals surface area contributed by atoms with Gasteiger partial charge in [-0.15, -0.1) is 0 Å². The highest BCUT2D eigenvalue weighted by atomic mass is 16.5. The molecule has 0 radical (unpaired) electrons. The topological polar surface area (TPSA) is 102 Å². The smallest absolute Gasteiger partial charge is 0.229 e. The Morgan fingerprint density at radius 1 is 1.23 bits per heavy atom. The van der Waals surface area contributed by atoms with Crippen LogP contribution in [0, 0.1) is 5.92 Å². The molecule has 1 atom stereocenters. The largest absolute Gasteiger partial charge is 0.493 e. The number of nitrogens with two attached hydrogens (primary N) is 1. The van der Waals surface area contributed by atoms with Gasteiger partial charge in [0.2, 0.25) is 17.7 Å². The van der Waals surface area contributed by atoms with Gasteiger partial charge in [-0.25, -0.2) is 0 Å². The second-order valence-corrected chi connectivity index (χ2v) is 6.51. The van der Waals surface area contributed by atoms with E-state index in [9.17, 15) is 14.4 Å². The Balaban J connectivity index is 1.84. The molecule has 1 aromatic carbocycles. The van der Waals surface area contributed by atoms with Crippen LogP contribution in [0.5, 0.6) is 5.75 Å². The Morgan fingerprint density at radius 2 is 1.96 bits per heavy atom. The van der Waals surface area contributed by atoms with E-state index in [1.54, 1.807) is 29.2 Å². The van der Waals surface area contributed by atoms with Crippen molar-refractivity contribution in [3.05, 3.63) is 24.3 Å². The molecule has 7 heteroatoms. The molecule has 1 aliphatic heterocycles. The number of nitrogens with zero attached hydrogens (tertiary/aromatic N) is 1. The molecule has 1 saturated heterocycles. The van der Waals surface area contributed by atoms with E-state index in [0.717, 1.165) is 25.8 Å². The number of amides is 3. The van der Waals surface area contributed by atoms with Gasteiger partial charge in [-0.3, -0.25) is 14.4 Å². The maximum absolute atomic E-state index is 12.5. The minimum Gasteiger partial charge on any atom is -0.493 e. The van der Waals surface area contributed by atoms with E-state index < -0.39 is 5.91 Å². The molecule has 0 saturated carbocycles. The molecule has 2 rings (SSSR count). The van der Waals surface area contributed by atoms with Gasteiger partial charge >= 0.3 is 0 Å². The van der Waals surface area contributed by atoms with Gasteiger partial charge in [-0.2, -0.15) is 0 Å². The monoisotopic (exact) mass is 361 g/mol. The van der Waals surface area contributed by atoms with Gasteiger partial charge in [0.25, 0.3) is 0 Å². The molecule has 3 amide bonds. The Morgan fingerprint density at radius 3 is 2.62 bits per heavy atom. The normalized spacial score (nSPS) is 16.8. The van der Waals surface area contributed by atoms with Crippen molar-refractivity contribution in [1.82, 2.24) is 4.90 Å². The van der Waals surface area contributed by atoms with Crippen molar-refractivity contribution in [2.24, 2.45) is 11.7 Å². The lowest BCUT2D eigenvalue weighted by molar-refractivity contribution is -0.134. The average molecular weight is 361 g/mol. The number of hydrogen-bond donors (Lipinski definition) is 2. The standard InChI is InChI=1S/C19H27N3O4/c1-2-4-18(24)22-11-3-5-14(13-22)19(25)21-15-6-8-16(9-7-15)26-12-10-17(20)23/h6-9,14H,2-5,10-13H2,1H3,(H2,20,23)(H,21,25). The molecule has 1 heterocycles. The fourth-order valence-electron chi connectivity index (χ4n) is 2.94. The number of carbonyl (C=O) groups excluding carboxylic acids is 3. The van der Waals surface area contributed by atoms with Crippen LogP contribution in [0.2, 0.25) is 0 Å². The van der Waals surface area contributed by atoms with E-state index in [1.165, 1.54) is 0 Å². The average Bonchev–Trinajstić information content (AvgIpc) is 2.63. The fourth-order valence-corrected chi connectivity index (χ4v) is 2.94. The van der Waals surface area contributed by atoms with Gasteiger partial charge in [0.1, 0.15) is 5.75 Å². The summed E-state index contributed by atoms with van der Waals surface area (Å²) in [5.41, 5.74) is 5.74. The lowest BCUT2D eigenvalue weighted by atomic mass is 9.96. The SMILES string of the molecule is CCCC(=O)N1CCCC(C(=O)Nc2ccc(OCCC(N)=O)cc2)C1. The highest BCUT2D eigenvalue weighted by Gasteiger charge is 2.28. The first kappa shape index (κ1) is 19.8. The molecule has 1 fully saturated rings. The first-order valence-electron chi connectivity index (χ1n) is 9.09. The maximum atomic E-state index is 12.5. The molecule has 0 aliphatic carbocycles. The number of hydrogen-bond acceptors (Lipinski definition) is 4. The second kappa shape index (κ2) is 9.79. The minimum atomic E-state index is -0.409. The summed E-state index contributed by atoms with van der Waals surface area (Å²) < 4.78 is 5.40. The summed E-state index contributed by atoms with van der Waals surface area (Å²) in [6.07, 6.45) is 3.15. The highest BCUT2D eigenvalue weighted by Crippen LogP contribution is 2.21. The van der Waals surface area contributed by atoms with E-state index in [0.29, 0.717) is 24.4 Å². The van der Waals surface area contributed by atoms with Crippen LogP contribution in [0.3, 0.4) is 0 Å². The van der Waals surface area contributed by atoms with Gasteiger partial charge in [-0.1, -0.05) is 6.92 Å². The van der Waals surface area contributed by atoms with Crippen molar-refractivity contribution in [1.29, 1.82) is 0 Å². The van der Waals surface area contributed by atoms with Crippen LogP contribution >= 0.6 is 0 Å². The zero-order chi connectivity index (χ0) is 18.9. The zero-order valence-corrected chi connectivity index (χ0v) is 15.2. The van der Waals surface area contributed by atoms with Crippen molar-refractivity contribution in [3.8, 4) is 5.75 Å². The lowest BCUT2D eigenvalue weighted by Crippen LogP contribution is -2.43. The predicted octanol–water partition coefficient (Wildman–Crippen LogP) is 1.92. The van der Waals surface area contributed by atoms with Crippen molar-refractivity contribution in [2.45, 2.75) is 39.0 Å². The second-order valence-electron chi connectivity index (χ2n) is 6.51. The van der Waals surface area contributed by atoms with Crippen LogP contribution in [0.1, 0.15) is 39.0 Å². The van der Waals surface area contributed by atoms with Gasteiger partial charge in [0.05, 0.1) is 18.9 Å². The highest BCUT2D eigenvalue weighted by molar-refractivity contribution is 5.93. The lowest BCUT2D eigenvalue weighted by Gasteiger charge is -2.32. The molecular formula is C19H27N3O4. The number of nitrogens with one attached hydrogen (secondary N) is 1. The molecular weight excluding hydrogens is 334 g/mol. The number of ether oxygens (including phenoxy) is 1. The van der Waals surface area contributed by atoms with Crippen LogP contribution in [-0.2, 0) is 14.4 Å². The number of piperidine rings is 1. The summed E-state index contributed by atoms with van der Waals surface area (Å²) in [5, 5.41) is 2.90. The Hall–Kier alpha value is -2.57.